The van der Waals surface area contributed by atoms with Crippen LogP contribution in [0.3, 0.4) is 0 Å². The first-order chi connectivity index (χ1) is 16.8. The quantitative estimate of drug-likeness (QED) is 0.321. The second kappa shape index (κ2) is 12.3. The van der Waals surface area contributed by atoms with Gasteiger partial charge in [-0.05, 0) is 67.8 Å². The third-order valence-corrected chi connectivity index (χ3v) is 8.36. The average Bonchev–Trinajstić information content (AvgIpc) is 3.32. The molecule has 0 aliphatic rings. The van der Waals surface area contributed by atoms with Crippen LogP contribution < -0.4 is 10.1 Å². The number of anilines is 1. The van der Waals surface area contributed by atoms with E-state index in [-0.39, 0.29) is 10.8 Å². The van der Waals surface area contributed by atoms with Gasteiger partial charge in [-0.3, -0.25) is 10.1 Å². The number of sulfonamides is 1. The largest absolute Gasteiger partial charge is 0.496 e. The Morgan fingerprint density at radius 2 is 1.71 bits per heavy atom. The molecule has 0 radical (unpaired) electrons. The summed E-state index contributed by atoms with van der Waals surface area (Å²) in [5, 5.41) is 5.16. The van der Waals surface area contributed by atoms with Crippen LogP contribution in [0.25, 0.3) is 11.3 Å². The van der Waals surface area contributed by atoms with E-state index in [4.69, 9.17) is 4.74 Å². The molecule has 0 saturated carbocycles. The number of nitrogens with zero attached hydrogens (tertiary/aromatic N) is 2. The summed E-state index contributed by atoms with van der Waals surface area (Å²) < 4.78 is 33.1. The molecule has 0 spiro atoms. The molecule has 0 bridgehead atoms. The minimum Gasteiger partial charge on any atom is -0.496 e. The number of hydrogen-bond donors (Lipinski definition) is 1. The van der Waals surface area contributed by atoms with Crippen LogP contribution in [0.1, 0.15) is 55.5 Å². The van der Waals surface area contributed by atoms with Gasteiger partial charge in [-0.1, -0.05) is 26.7 Å². The number of unbranched alkanes of at least 4 members (excludes halogenated alkanes) is 2. The molecule has 3 rings (SSSR count). The Bertz CT molecular complexity index is 1230. The molecule has 2 aromatic carbocycles. The monoisotopic (exact) mass is 515 g/mol. The summed E-state index contributed by atoms with van der Waals surface area (Å²) in [6, 6.07) is 11.9. The van der Waals surface area contributed by atoms with Gasteiger partial charge in [0.2, 0.25) is 10.0 Å². The Morgan fingerprint density at radius 1 is 1.06 bits per heavy atom. The molecular weight excluding hydrogens is 482 g/mol. The molecule has 188 valence electrons. The molecule has 1 aromatic heterocycles. The zero-order valence-electron chi connectivity index (χ0n) is 20.7. The first-order valence-electron chi connectivity index (χ1n) is 11.8. The highest BCUT2D eigenvalue weighted by molar-refractivity contribution is 7.89. The highest BCUT2D eigenvalue weighted by Crippen LogP contribution is 2.29. The zero-order valence-corrected chi connectivity index (χ0v) is 22.3. The molecule has 7 nitrogen and oxygen atoms in total. The van der Waals surface area contributed by atoms with Crippen molar-refractivity contribution in [2.75, 3.05) is 25.5 Å². The van der Waals surface area contributed by atoms with E-state index in [0.29, 0.717) is 23.8 Å². The molecule has 1 heterocycles. The minimum atomic E-state index is -3.60. The van der Waals surface area contributed by atoms with E-state index < -0.39 is 10.0 Å². The van der Waals surface area contributed by atoms with E-state index in [2.05, 4.69) is 10.3 Å². The SMILES string of the molecule is CCCCN(CCCC)S(=O)(=O)c1ccc(C(=O)Nc2nc(-c3ccc(OC)c(C)c3)cs2)cc1. The highest BCUT2D eigenvalue weighted by Gasteiger charge is 2.24. The van der Waals surface area contributed by atoms with E-state index >= 15 is 0 Å². The van der Waals surface area contributed by atoms with Crippen LogP contribution in [0.15, 0.2) is 52.7 Å². The molecule has 0 atom stereocenters. The van der Waals surface area contributed by atoms with E-state index in [0.717, 1.165) is 48.3 Å². The maximum Gasteiger partial charge on any atom is 0.257 e. The summed E-state index contributed by atoms with van der Waals surface area (Å²) in [4.78, 5) is 17.5. The molecule has 0 aliphatic heterocycles. The van der Waals surface area contributed by atoms with Crippen molar-refractivity contribution < 1.29 is 17.9 Å². The molecule has 0 fully saturated rings. The van der Waals surface area contributed by atoms with Crippen molar-refractivity contribution in [3.8, 4) is 17.0 Å². The molecule has 3 aromatic rings. The maximum absolute atomic E-state index is 13.1. The minimum absolute atomic E-state index is 0.202. The van der Waals surface area contributed by atoms with Crippen molar-refractivity contribution in [1.29, 1.82) is 0 Å². The molecule has 35 heavy (non-hydrogen) atoms. The number of rotatable bonds is 12. The lowest BCUT2D eigenvalue weighted by molar-refractivity contribution is 0.102. The number of ether oxygens (including phenoxy) is 1. The molecule has 0 aliphatic carbocycles. The Hall–Kier alpha value is -2.75. The fraction of sp³-hybridized carbons (Fsp3) is 0.385. The second-order valence-corrected chi connectivity index (χ2v) is 11.1. The summed E-state index contributed by atoms with van der Waals surface area (Å²) in [5.74, 6) is 0.469. The molecule has 9 heteroatoms. The number of thiazole rings is 1. The predicted molar refractivity (Wildman–Crippen MR) is 142 cm³/mol. The van der Waals surface area contributed by atoms with Crippen molar-refractivity contribution in [3.63, 3.8) is 0 Å². The van der Waals surface area contributed by atoms with Crippen LogP contribution in [-0.4, -0.2) is 43.8 Å². The number of benzene rings is 2. The average molecular weight is 516 g/mol. The van der Waals surface area contributed by atoms with Crippen LogP contribution in [0.2, 0.25) is 0 Å². The van der Waals surface area contributed by atoms with Crippen LogP contribution in [0, 0.1) is 6.92 Å². The molecule has 0 saturated heterocycles. The number of carbonyl (C=O) groups is 1. The van der Waals surface area contributed by atoms with Crippen LogP contribution in [-0.2, 0) is 10.0 Å². The third-order valence-electron chi connectivity index (χ3n) is 5.69. The number of carbonyl (C=O) groups excluding carboxylic acids is 1. The lowest BCUT2D eigenvalue weighted by Crippen LogP contribution is -2.33. The summed E-state index contributed by atoms with van der Waals surface area (Å²) in [6.45, 7) is 7.05. The van der Waals surface area contributed by atoms with E-state index in [1.54, 1.807) is 23.5 Å². The molecular formula is C26H33N3O4S2. The maximum atomic E-state index is 13.1. The van der Waals surface area contributed by atoms with Crippen molar-refractivity contribution in [2.45, 2.75) is 51.3 Å². The van der Waals surface area contributed by atoms with Gasteiger partial charge < -0.3 is 4.74 Å². The summed E-state index contributed by atoms with van der Waals surface area (Å²) >= 11 is 1.33. The van der Waals surface area contributed by atoms with Gasteiger partial charge >= 0.3 is 0 Å². The lowest BCUT2D eigenvalue weighted by atomic mass is 10.1. The smallest absolute Gasteiger partial charge is 0.257 e. The van der Waals surface area contributed by atoms with Crippen molar-refractivity contribution in [3.05, 3.63) is 59.0 Å². The standard InChI is InChI=1S/C26H33N3O4S2/c1-5-7-15-29(16-8-6-2)35(31,32)22-12-9-20(10-13-22)25(30)28-26-27-23(18-34-26)21-11-14-24(33-4)19(3)17-21/h9-14,17-18H,5-8,15-16H2,1-4H3,(H,27,28,30). The van der Waals surface area contributed by atoms with Gasteiger partial charge in [-0.25, -0.2) is 13.4 Å². The number of hydrogen-bond acceptors (Lipinski definition) is 6. The van der Waals surface area contributed by atoms with Gasteiger partial charge in [0, 0.05) is 29.6 Å². The van der Waals surface area contributed by atoms with Gasteiger partial charge in [0.25, 0.3) is 5.91 Å². The van der Waals surface area contributed by atoms with Gasteiger partial charge in [-0.2, -0.15) is 4.31 Å². The van der Waals surface area contributed by atoms with Gasteiger partial charge in [-0.15, -0.1) is 11.3 Å². The second-order valence-electron chi connectivity index (χ2n) is 8.31. The number of aromatic nitrogens is 1. The highest BCUT2D eigenvalue weighted by atomic mass is 32.2. The van der Waals surface area contributed by atoms with Crippen LogP contribution in [0.5, 0.6) is 5.75 Å². The van der Waals surface area contributed by atoms with Crippen molar-refractivity contribution >= 4 is 32.4 Å². The number of methoxy groups -OCH3 is 1. The number of aryl methyl sites for hydroxylation is 1. The van der Waals surface area contributed by atoms with Gasteiger partial charge in [0.1, 0.15) is 5.75 Å². The topological polar surface area (TPSA) is 88.6 Å². The van der Waals surface area contributed by atoms with Gasteiger partial charge in [0.15, 0.2) is 5.13 Å². The number of nitrogens with one attached hydrogen (secondary N) is 1. The number of amides is 1. The Labute approximate surface area is 212 Å². The van der Waals surface area contributed by atoms with Gasteiger partial charge in [0.05, 0.1) is 17.7 Å². The summed E-state index contributed by atoms with van der Waals surface area (Å²) in [6.07, 6.45) is 3.48. The first kappa shape index (κ1) is 26.8. The normalized spacial score (nSPS) is 11.6. The van der Waals surface area contributed by atoms with E-state index in [9.17, 15) is 13.2 Å². The Morgan fingerprint density at radius 3 is 2.29 bits per heavy atom. The van der Waals surface area contributed by atoms with E-state index in [1.165, 1.54) is 23.5 Å². The van der Waals surface area contributed by atoms with Crippen LogP contribution in [0.4, 0.5) is 5.13 Å². The van der Waals surface area contributed by atoms with E-state index in [1.807, 2.05) is 44.4 Å². The lowest BCUT2D eigenvalue weighted by Gasteiger charge is -2.22. The first-order valence-corrected chi connectivity index (χ1v) is 14.1. The summed E-state index contributed by atoms with van der Waals surface area (Å²) in [5.41, 5.74) is 3.07. The predicted octanol–water partition coefficient (Wildman–Crippen LogP) is 5.97. The Kier molecular flexibility index (Phi) is 9.42. The molecule has 0 unspecified atom stereocenters. The fourth-order valence-corrected chi connectivity index (χ4v) is 5.85. The van der Waals surface area contributed by atoms with Crippen LogP contribution >= 0.6 is 11.3 Å². The fourth-order valence-electron chi connectivity index (χ4n) is 3.62. The summed E-state index contributed by atoms with van der Waals surface area (Å²) in [7, 11) is -1.97. The molecule has 1 N–H and O–H groups in total. The Balaban J connectivity index is 1.71. The zero-order chi connectivity index (χ0) is 25.4. The molecule has 1 amide bonds. The third kappa shape index (κ3) is 6.68. The van der Waals surface area contributed by atoms with Crippen molar-refractivity contribution in [2.24, 2.45) is 0 Å². The van der Waals surface area contributed by atoms with Crippen molar-refractivity contribution in [1.82, 2.24) is 9.29 Å².